The molecule has 0 unspecified atom stereocenters. The van der Waals surface area contributed by atoms with Gasteiger partial charge in [-0.3, -0.25) is 9.59 Å². The maximum absolute atomic E-state index is 12.9. The first kappa shape index (κ1) is 21.8. The number of piperidine rings is 1. The van der Waals surface area contributed by atoms with E-state index in [0.29, 0.717) is 25.9 Å². The molecule has 0 aliphatic carbocycles. The maximum atomic E-state index is 12.9. The molecule has 166 valence electrons. The summed E-state index contributed by atoms with van der Waals surface area (Å²) < 4.78 is 0. The third-order valence-corrected chi connectivity index (χ3v) is 7.40. The molecule has 1 aromatic heterocycles. The molecule has 2 amide bonds. The average Bonchev–Trinajstić information content (AvgIpc) is 3.35. The van der Waals surface area contributed by atoms with Crippen LogP contribution in [0.2, 0.25) is 0 Å². The van der Waals surface area contributed by atoms with Gasteiger partial charge in [-0.25, -0.2) is 0 Å². The Morgan fingerprint density at radius 1 is 1.06 bits per heavy atom. The van der Waals surface area contributed by atoms with Crippen molar-refractivity contribution in [3.8, 4) is 0 Å². The molecule has 31 heavy (non-hydrogen) atoms. The van der Waals surface area contributed by atoms with Gasteiger partial charge in [0.15, 0.2) is 0 Å². The SMILES string of the molecule is CCN1CCN(c2ccc(NC(=O)C3CCN(C(=O)c4cccs4)CC3)c(C)c2)CC1. The van der Waals surface area contributed by atoms with E-state index in [1.54, 1.807) is 0 Å². The van der Waals surface area contributed by atoms with Gasteiger partial charge in [-0.2, -0.15) is 0 Å². The highest BCUT2D eigenvalue weighted by Gasteiger charge is 2.28. The number of hydrogen-bond donors (Lipinski definition) is 1. The van der Waals surface area contributed by atoms with Crippen molar-refractivity contribution in [2.24, 2.45) is 5.92 Å². The third kappa shape index (κ3) is 5.10. The third-order valence-electron chi connectivity index (χ3n) is 6.54. The van der Waals surface area contributed by atoms with Gasteiger partial charge < -0.3 is 20.0 Å². The number of likely N-dealkylation sites (tertiary alicyclic amines) is 1. The second kappa shape index (κ2) is 9.83. The van der Waals surface area contributed by atoms with E-state index in [0.717, 1.165) is 48.9 Å². The molecule has 0 saturated carbocycles. The lowest BCUT2D eigenvalue weighted by Gasteiger charge is -2.35. The van der Waals surface area contributed by atoms with Crippen LogP contribution in [0, 0.1) is 12.8 Å². The van der Waals surface area contributed by atoms with Crippen LogP contribution >= 0.6 is 11.3 Å². The van der Waals surface area contributed by atoms with Gasteiger partial charge in [0.05, 0.1) is 4.88 Å². The number of amides is 2. The summed E-state index contributed by atoms with van der Waals surface area (Å²) in [6, 6.07) is 10.1. The van der Waals surface area contributed by atoms with Crippen molar-refractivity contribution in [2.75, 3.05) is 56.0 Å². The molecule has 0 bridgehead atoms. The summed E-state index contributed by atoms with van der Waals surface area (Å²) >= 11 is 1.47. The van der Waals surface area contributed by atoms with Gasteiger partial charge >= 0.3 is 0 Å². The molecule has 2 fully saturated rings. The van der Waals surface area contributed by atoms with Crippen molar-refractivity contribution in [3.05, 3.63) is 46.2 Å². The first-order valence-corrected chi connectivity index (χ1v) is 12.1. The van der Waals surface area contributed by atoms with Gasteiger partial charge in [0.25, 0.3) is 5.91 Å². The molecule has 7 heteroatoms. The Balaban J connectivity index is 1.30. The van der Waals surface area contributed by atoms with Crippen LogP contribution in [-0.2, 0) is 4.79 Å². The minimum atomic E-state index is -0.0476. The van der Waals surface area contributed by atoms with Gasteiger partial charge in [0.1, 0.15) is 0 Å². The fourth-order valence-corrected chi connectivity index (χ4v) is 5.13. The molecule has 4 rings (SSSR count). The highest BCUT2D eigenvalue weighted by molar-refractivity contribution is 7.12. The van der Waals surface area contributed by atoms with Crippen LogP contribution in [0.15, 0.2) is 35.7 Å². The van der Waals surface area contributed by atoms with Crippen molar-refractivity contribution >= 4 is 34.5 Å². The highest BCUT2D eigenvalue weighted by atomic mass is 32.1. The topological polar surface area (TPSA) is 55.9 Å². The Bertz CT molecular complexity index is 898. The first-order chi connectivity index (χ1) is 15.0. The Morgan fingerprint density at radius 2 is 1.81 bits per heavy atom. The van der Waals surface area contributed by atoms with Crippen molar-refractivity contribution in [3.63, 3.8) is 0 Å². The second-order valence-electron chi connectivity index (χ2n) is 8.45. The lowest BCUT2D eigenvalue weighted by molar-refractivity contribution is -0.121. The average molecular weight is 441 g/mol. The van der Waals surface area contributed by atoms with Crippen LogP contribution in [0.25, 0.3) is 0 Å². The van der Waals surface area contributed by atoms with Gasteiger partial charge in [0, 0.05) is 56.6 Å². The Kier molecular flexibility index (Phi) is 6.92. The normalized spacial score (nSPS) is 18.3. The number of piperazine rings is 1. The number of nitrogens with one attached hydrogen (secondary N) is 1. The summed E-state index contributed by atoms with van der Waals surface area (Å²) in [5.41, 5.74) is 3.21. The molecule has 1 aromatic carbocycles. The Hall–Kier alpha value is -2.38. The number of aryl methyl sites for hydroxylation is 1. The number of likely N-dealkylation sites (N-methyl/N-ethyl adjacent to an activating group) is 1. The predicted molar refractivity (Wildman–Crippen MR) is 127 cm³/mol. The fraction of sp³-hybridized carbons (Fsp3) is 0.500. The molecular formula is C24H32N4O2S. The summed E-state index contributed by atoms with van der Waals surface area (Å²) in [6.07, 6.45) is 1.42. The molecular weight excluding hydrogens is 408 g/mol. The molecule has 1 N–H and O–H groups in total. The zero-order valence-electron chi connectivity index (χ0n) is 18.5. The molecule has 2 saturated heterocycles. The van der Waals surface area contributed by atoms with Crippen molar-refractivity contribution in [1.82, 2.24) is 9.80 Å². The molecule has 3 heterocycles. The van der Waals surface area contributed by atoms with Crippen molar-refractivity contribution < 1.29 is 9.59 Å². The van der Waals surface area contributed by atoms with Crippen LogP contribution in [0.4, 0.5) is 11.4 Å². The molecule has 2 aromatic rings. The molecule has 0 atom stereocenters. The van der Waals surface area contributed by atoms with E-state index in [4.69, 9.17) is 0 Å². The van der Waals surface area contributed by atoms with E-state index >= 15 is 0 Å². The van der Waals surface area contributed by atoms with Crippen LogP contribution < -0.4 is 10.2 Å². The minimum absolute atomic E-state index is 0.0476. The second-order valence-corrected chi connectivity index (χ2v) is 9.40. The molecule has 2 aliphatic rings. The van der Waals surface area contributed by atoms with Crippen LogP contribution in [0.1, 0.15) is 35.0 Å². The number of hydrogen-bond acceptors (Lipinski definition) is 5. The first-order valence-electron chi connectivity index (χ1n) is 11.3. The van der Waals surface area contributed by atoms with Crippen molar-refractivity contribution in [2.45, 2.75) is 26.7 Å². The number of nitrogens with zero attached hydrogens (tertiary/aromatic N) is 3. The van der Waals surface area contributed by atoms with Crippen LogP contribution in [0.5, 0.6) is 0 Å². The molecule has 6 nitrogen and oxygen atoms in total. The van der Waals surface area contributed by atoms with Crippen LogP contribution in [0.3, 0.4) is 0 Å². The number of rotatable bonds is 5. The number of anilines is 2. The number of benzene rings is 1. The van der Waals surface area contributed by atoms with Crippen LogP contribution in [-0.4, -0.2) is 67.4 Å². The summed E-state index contributed by atoms with van der Waals surface area (Å²) in [5, 5.41) is 5.05. The van der Waals surface area contributed by atoms with E-state index in [2.05, 4.69) is 41.1 Å². The smallest absolute Gasteiger partial charge is 0.263 e. The predicted octanol–water partition coefficient (Wildman–Crippen LogP) is 3.69. The number of carbonyl (C=O) groups excluding carboxylic acids is 2. The molecule has 0 radical (unpaired) electrons. The number of carbonyl (C=O) groups is 2. The largest absolute Gasteiger partial charge is 0.369 e. The lowest BCUT2D eigenvalue weighted by atomic mass is 9.95. The molecule has 2 aliphatic heterocycles. The summed E-state index contributed by atoms with van der Waals surface area (Å²) in [7, 11) is 0. The standard InChI is InChI=1S/C24H32N4O2S/c1-3-26-12-14-27(15-13-26)20-6-7-21(18(2)17-20)25-23(29)19-8-10-28(11-9-19)24(30)22-5-4-16-31-22/h4-7,16-17,19H,3,8-15H2,1-2H3,(H,25,29). The highest BCUT2D eigenvalue weighted by Crippen LogP contribution is 2.26. The van der Waals surface area contributed by atoms with E-state index in [1.807, 2.05) is 28.5 Å². The van der Waals surface area contributed by atoms with Gasteiger partial charge in [-0.05, 0) is 61.5 Å². The fourth-order valence-electron chi connectivity index (χ4n) is 4.44. The minimum Gasteiger partial charge on any atom is -0.369 e. The van der Waals surface area contributed by atoms with Gasteiger partial charge in [0.2, 0.25) is 5.91 Å². The number of thiophene rings is 1. The van der Waals surface area contributed by atoms with E-state index < -0.39 is 0 Å². The monoisotopic (exact) mass is 440 g/mol. The van der Waals surface area contributed by atoms with E-state index in [-0.39, 0.29) is 17.7 Å². The Morgan fingerprint density at radius 3 is 2.42 bits per heavy atom. The Labute approximate surface area is 188 Å². The van der Waals surface area contributed by atoms with E-state index in [9.17, 15) is 9.59 Å². The van der Waals surface area contributed by atoms with E-state index in [1.165, 1.54) is 17.0 Å². The quantitative estimate of drug-likeness (QED) is 0.771. The summed E-state index contributed by atoms with van der Waals surface area (Å²) in [6.45, 7) is 10.9. The maximum Gasteiger partial charge on any atom is 0.263 e. The zero-order valence-corrected chi connectivity index (χ0v) is 19.3. The van der Waals surface area contributed by atoms with Gasteiger partial charge in [-0.1, -0.05) is 13.0 Å². The molecule has 0 spiro atoms. The summed E-state index contributed by atoms with van der Waals surface area (Å²) in [4.78, 5) is 32.9. The summed E-state index contributed by atoms with van der Waals surface area (Å²) in [5.74, 6) is 0.101. The zero-order chi connectivity index (χ0) is 21.8. The van der Waals surface area contributed by atoms with Crippen molar-refractivity contribution in [1.29, 1.82) is 0 Å². The lowest BCUT2D eigenvalue weighted by Crippen LogP contribution is -2.46. The van der Waals surface area contributed by atoms with Gasteiger partial charge in [-0.15, -0.1) is 11.3 Å².